The van der Waals surface area contributed by atoms with Crippen molar-refractivity contribution in [2.75, 3.05) is 14.7 Å². The number of thiophene rings is 1. The first kappa shape index (κ1) is 45.8. The SMILES string of the molecule is CC(C)(C)c1ccc(N2c3cc4c(cc3B3c5sc6cc7c(cc6c5N(c5ccc(C(C)(C)C)cc5)c5cc(N(c6ccccc6)c6ccccc6)cc2c53)C2(C)CCC7(C)C2)C(C)(C)CCC4(C)C)cc1. The van der Waals surface area contributed by atoms with Crippen LogP contribution in [0, 0.1) is 0 Å². The van der Waals surface area contributed by atoms with Crippen molar-refractivity contribution in [1.29, 1.82) is 0 Å². The van der Waals surface area contributed by atoms with Crippen molar-refractivity contribution < 1.29 is 0 Å². The molecule has 2 bridgehead atoms. The Morgan fingerprint density at radius 2 is 0.972 bits per heavy atom. The molecule has 0 spiro atoms. The monoisotopic (exact) mass is 960 g/mol. The van der Waals surface area contributed by atoms with Gasteiger partial charge in [-0.25, -0.2) is 0 Å². The van der Waals surface area contributed by atoms with E-state index >= 15 is 0 Å². The van der Waals surface area contributed by atoms with E-state index in [0.29, 0.717) is 0 Å². The highest BCUT2D eigenvalue weighted by molar-refractivity contribution is 7.33. The van der Waals surface area contributed by atoms with Gasteiger partial charge in [0.15, 0.2) is 0 Å². The number of anilines is 9. The lowest BCUT2D eigenvalue weighted by atomic mass is 9.35. The van der Waals surface area contributed by atoms with Gasteiger partial charge in [-0.1, -0.05) is 150 Å². The molecule has 3 aliphatic carbocycles. The second-order valence-corrected chi connectivity index (χ2v) is 27.4. The largest absolute Gasteiger partial charge is 0.311 e. The van der Waals surface area contributed by atoms with Gasteiger partial charge in [-0.2, -0.15) is 0 Å². The Morgan fingerprint density at radius 1 is 0.486 bits per heavy atom. The van der Waals surface area contributed by atoms with E-state index in [-0.39, 0.29) is 39.2 Å². The number of fused-ring (bicyclic) bond motifs is 12. The third-order valence-corrected chi connectivity index (χ3v) is 19.5. The summed E-state index contributed by atoms with van der Waals surface area (Å²) >= 11 is 2.07. The van der Waals surface area contributed by atoms with Crippen LogP contribution in [-0.2, 0) is 32.5 Å². The molecule has 8 aromatic rings. The fourth-order valence-corrected chi connectivity index (χ4v) is 15.5. The minimum absolute atomic E-state index is 0.0208. The molecule has 0 saturated heterocycles. The first-order valence-corrected chi connectivity index (χ1v) is 27.7. The van der Waals surface area contributed by atoms with Gasteiger partial charge in [0.05, 0.1) is 11.4 Å². The summed E-state index contributed by atoms with van der Waals surface area (Å²) in [4.78, 5) is 7.85. The molecule has 7 aromatic carbocycles. The summed E-state index contributed by atoms with van der Waals surface area (Å²) in [5, 5.41) is 1.40. The normalized spacial score (nSPS) is 21.0. The van der Waals surface area contributed by atoms with Gasteiger partial charge in [-0.05, 0) is 188 Å². The van der Waals surface area contributed by atoms with Crippen LogP contribution in [0.1, 0.15) is 149 Å². The maximum absolute atomic E-state index is 2.71. The van der Waals surface area contributed by atoms with Crippen LogP contribution >= 0.6 is 11.3 Å². The Kier molecular flexibility index (Phi) is 9.71. The first-order valence-electron chi connectivity index (χ1n) is 26.8. The standard InChI is InChI=1S/C67H70BN3S/c1-62(2,3)42-23-27-46(28-24-42)70-55-39-51-50(64(7,8)31-32-65(51,9)10)38-54(55)68-59-56(70)35-48(69(44-19-15-13-16-20-44)45-21-17-14-18-22-45)36-57(59)71(47-29-25-43(26-30-47)63(4,5)6)60-49-37-52-53(40-58(49)72-61(60)68)67(12)34-33-66(52,11)41-67/h13-30,35-40H,31-34,41H2,1-12H3. The Hall–Kier alpha value is -6.04. The summed E-state index contributed by atoms with van der Waals surface area (Å²) in [5.41, 5.74) is 23.2. The number of para-hydroxylation sites is 2. The van der Waals surface area contributed by atoms with Crippen molar-refractivity contribution in [3.63, 3.8) is 0 Å². The molecule has 13 rings (SSSR count). The molecule has 2 atom stereocenters. The number of hydrogen-bond donors (Lipinski definition) is 0. The van der Waals surface area contributed by atoms with E-state index in [1.54, 1.807) is 11.1 Å². The molecule has 1 aromatic heterocycles. The molecule has 2 unspecified atom stereocenters. The van der Waals surface area contributed by atoms with E-state index in [1.807, 2.05) is 0 Å². The minimum Gasteiger partial charge on any atom is -0.311 e. The molecule has 1 fully saturated rings. The molecule has 1 saturated carbocycles. The number of rotatable bonds is 5. The van der Waals surface area contributed by atoms with Crippen molar-refractivity contribution in [1.82, 2.24) is 0 Å². The van der Waals surface area contributed by atoms with Gasteiger partial charge in [0.2, 0.25) is 0 Å². The van der Waals surface area contributed by atoms with Crippen LogP contribution in [0.3, 0.4) is 0 Å². The Labute approximate surface area is 434 Å². The zero-order valence-electron chi connectivity index (χ0n) is 44.7. The predicted molar refractivity (Wildman–Crippen MR) is 312 cm³/mol. The average Bonchev–Trinajstić information content (AvgIpc) is 3.96. The predicted octanol–water partition coefficient (Wildman–Crippen LogP) is 17.1. The highest BCUT2D eigenvalue weighted by Gasteiger charge is 2.54. The van der Waals surface area contributed by atoms with Crippen LogP contribution in [0.4, 0.5) is 51.2 Å². The fourth-order valence-electron chi connectivity index (χ4n) is 14.1. The molecule has 2 aliphatic heterocycles. The van der Waals surface area contributed by atoms with E-state index in [1.165, 1.54) is 108 Å². The van der Waals surface area contributed by atoms with Crippen molar-refractivity contribution in [2.24, 2.45) is 0 Å². The molecule has 0 N–H and O–H groups in total. The Balaban J connectivity index is 1.19. The van der Waals surface area contributed by atoms with Crippen molar-refractivity contribution in [3.8, 4) is 0 Å². The van der Waals surface area contributed by atoms with Crippen molar-refractivity contribution >= 4 is 95.0 Å². The summed E-state index contributed by atoms with van der Waals surface area (Å²) in [5.74, 6) is 0. The topological polar surface area (TPSA) is 9.72 Å². The molecule has 362 valence electrons. The number of nitrogens with zero attached hydrogens (tertiary/aromatic N) is 3. The molecule has 3 heterocycles. The molecule has 5 aliphatic rings. The second-order valence-electron chi connectivity index (χ2n) is 26.3. The van der Waals surface area contributed by atoms with Gasteiger partial charge >= 0.3 is 0 Å². The van der Waals surface area contributed by atoms with E-state index in [2.05, 4.69) is 255 Å². The van der Waals surface area contributed by atoms with Crippen molar-refractivity contribution in [3.05, 3.63) is 179 Å². The maximum Gasteiger partial charge on any atom is 0.264 e. The molecule has 72 heavy (non-hydrogen) atoms. The quantitative estimate of drug-likeness (QED) is 0.159. The zero-order valence-corrected chi connectivity index (χ0v) is 45.5. The van der Waals surface area contributed by atoms with Crippen LogP contribution < -0.4 is 30.4 Å². The van der Waals surface area contributed by atoms with Gasteiger partial charge in [0.25, 0.3) is 6.71 Å². The summed E-state index contributed by atoms with van der Waals surface area (Å²) in [6.07, 6.45) is 6.11. The molecular formula is C67H70BN3S. The number of benzene rings is 7. The van der Waals surface area contributed by atoms with Gasteiger partial charge < -0.3 is 14.7 Å². The Bertz CT molecular complexity index is 3460. The van der Waals surface area contributed by atoms with E-state index < -0.39 is 0 Å². The van der Waals surface area contributed by atoms with E-state index in [0.717, 1.165) is 23.5 Å². The Morgan fingerprint density at radius 3 is 1.50 bits per heavy atom. The molecule has 0 amide bonds. The highest BCUT2D eigenvalue weighted by Crippen LogP contribution is 2.62. The summed E-state index contributed by atoms with van der Waals surface area (Å²) in [6.45, 7) is 29.1. The fraction of sp³-hybridized carbons (Fsp3) is 0.343. The highest BCUT2D eigenvalue weighted by atomic mass is 32.1. The van der Waals surface area contributed by atoms with Gasteiger partial charge in [-0.3, -0.25) is 0 Å². The lowest BCUT2D eigenvalue weighted by Crippen LogP contribution is -2.61. The van der Waals surface area contributed by atoms with Crippen LogP contribution in [0.5, 0.6) is 0 Å². The van der Waals surface area contributed by atoms with Crippen molar-refractivity contribution in [2.45, 2.75) is 148 Å². The zero-order chi connectivity index (χ0) is 50.1. The van der Waals surface area contributed by atoms with E-state index in [4.69, 9.17) is 0 Å². The van der Waals surface area contributed by atoms with Crippen LogP contribution in [-0.4, -0.2) is 6.71 Å². The van der Waals surface area contributed by atoms with Gasteiger partial charge in [0, 0.05) is 54.7 Å². The smallest absolute Gasteiger partial charge is 0.264 e. The summed E-state index contributed by atoms with van der Waals surface area (Å²) in [7, 11) is 0. The van der Waals surface area contributed by atoms with Crippen LogP contribution in [0.15, 0.2) is 146 Å². The molecule has 3 nitrogen and oxygen atoms in total. The average molecular weight is 960 g/mol. The third-order valence-electron chi connectivity index (χ3n) is 18.3. The molecule has 5 heteroatoms. The summed E-state index contributed by atoms with van der Waals surface area (Å²) in [6, 6.07) is 57.0. The lowest BCUT2D eigenvalue weighted by Gasteiger charge is -2.47. The summed E-state index contributed by atoms with van der Waals surface area (Å²) < 4.78 is 2.87. The van der Waals surface area contributed by atoms with E-state index in [9.17, 15) is 0 Å². The molecular weight excluding hydrogens is 890 g/mol. The second kappa shape index (κ2) is 15.3. The third kappa shape index (κ3) is 6.74. The minimum atomic E-state index is 0.0208. The first-order chi connectivity index (χ1) is 34.1. The maximum atomic E-state index is 2.71. The lowest BCUT2D eigenvalue weighted by molar-refractivity contribution is 0.332. The van der Waals surface area contributed by atoms with Gasteiger partial charge in [0.1, 0.15) is 0 Å². The molecule has 0 radical (unpaired) electrons. The number of hydrogen-bond acceptors (Lipinski definition) is 4. The van der Waals surface area contributed by atoms with Gasteiger partial charge in [-0.15, -0.1) is 11.3 Å². The van der Waals surface area contributed by atoms with Crippen LogP contribution in [0.2, 0.25) is 0 Å². The van der Waals surface area contributed by atoms with Crippen LogP contribution in [0.25, 0.3) is 10.1 Å².